The molecule has 25 heavy (non-hydrogen) atoms. The molecule has 2 atom stereocenters. The number of halogens is 2. The highest BCUT2D eigenvalue weighted by atomic mass is 35.5. The number of hydrogen-bond acceptors (Lipinski definition) is 6. The first kappa shape index (κ1) is 22.6. The third-order valence-electron chi connectivity index (χ3n) is 4.55. The summed E-state index contributed by atoms with van der Waals surface area (Å²) in [5.74, 6) is 0.179. The largest absolute Gasteiger partial charge is 0.375 e. The molecule has 0 spiro atoms. The van der Waals surface area contributed by atoms with Gasteiger partial charge in [0, 0.05) is 44.6 Å². The van der Waals surface area contributed by atoms with Crippen molar-refractivity contribution in [2.24, 2.45) is 0 Å². The topological polar surface area (TPSA) is 57.7 Å². The number of hydrogen-bond donors (Lipinski definition) is 1. The van der Waals surface area contributed by atoms with Gasteiger partial charge in [0.2, 0.25) is 5.91 Å². The molecular weight excluding hydrogens is 383 g/mol. The van der Waals surface area contributed by atoms with E-state index in [4.69, 9.17) is 4.74 Å². The molecule has 2 aliphatic rings. The van der Waals surface area contributed by atoms with Gasteiger partial charge in [-0.1, -0.05) is 6.92 Å². The number of aryl methyl sites for hydroxylation is 1. The molecule has 2 saturated heterocycles. The second kappa shape index (κ2) is 10.6. The Morgan fingerprint density at radius 2 is 2.08 bits per heavy atom. The second-order valence-electron chi connectivity index (χ2n) is 6.20. The van der Waals surface area contributed by atoms with Gasteiger partial charge >= 0.3 is 0 Å². The van der Waals surface area contributed by atoms with Crippen LogP contribution < -0.4 is 5.32 Å². The monoisotopic (exact) mass is 410 g/mol. The predicted octanol–water partition coefficient (Wildman–Crippen LogP) is 1.57. The molecule has 1 amide bonds. The number of nitrogens with zero attached hydrogens (tertiary/aromatic N) is 3. The van der Waals surface area contributed by atoms with Crippen LogP contribution in [0.2, 0.25) is 0 Å². The minimum Gasteiger partial charge on any atom is -0.375 e. The lowest BCUT2D eigenvalue weighted by Gasteiger charge is -2.38. The third kappa shape index (κ3) is 5.77. The standard InChI is InChI=1S/C16H26N4O2S.2ClH/c1-3-14-18-13(11-23-14)10-19-5-7-20(8-6-19)16(21)15-12(2)22-9-4-17-15;;/h11-12,15,17H,3-10H2,1-2H3;2*1H/t12-,15+;;/m1../s1. The highest BCUT2D eigenvalue weighted by Crippen LogP contribution is 2.15. The van der Waals surface area contributed by atoms with Crippen LogP contribution in [0.4, 0.5) is 0 Å². The first-order valence-corrected chi connectivity index (χ1v) is 9.34. The van der Waals surface area contributed by atoms with Gasteiger partial charge in [-0.3, -0.25) is 9.69 Å². The third-order valence-corrected chi connectivity index (χ3v) is 5.60. The fourth-order valence-corrected chi connectivity index (χ4v) is 3.88. The van der Waals surface area contributed by atoms with Gasteiger partial charge in [0.25, 0.3) is 0 Å². The number of morpholine rings is 1. The summed E-state index contributed by atoms with van der Waals surface area (Å²) in [7, 11) is 0. The molecule has 0 bridgehead atoms. The molecule has 144 valence electrons. The summed E-state index contributed by atoms with van der Waals surface area (Å²) >= 11 is 1.74. The van der Waals surface area contributed by atoms with Crippen LogP contribution in [0.3, 0.4) is 0 Å². The minimum absolute atomic E-state index is 0. The van der Waals surface area contributed by atoms with Gasteiger partial charge in [-0.25, -0.2) is 4.98 Å². The van der Waals surface area contributed by atoms with E-state index in [9.17, 15) is 4.79 Å². The van der Waals surface area contributed by atoms with Gasteiger partial charge in [-0.05, 0) is 13.3 Å². The first-order valence-electron chi connectivity index (χ1n) is 8.46. The summed E-state index contributed by atoms with van der Waals surface area (Å²) < 4.78 is 5.59. The zero-order valence-electron chi connectivity index (χ0n) is 14.8. The summed E-state index contributed by atoms with van der Waals surface area (Å²) in [6, 6.07) is -0.194. The Balaban J connectivity index is 0.00000156. The van der Waals surface area contributed by atoms with E-state index in [2.05, 4.69) is 27.5 Å². The SMILES string of the molecule is CCc1nc(CN2CCN(C(=O)[C@H]3NCCO[C@@H]3C)CC2)cs1.Cl.Cl. The first-order chi connectivity index (χ1) is 11.2. The summed E-state index contributed by atoms with van der Waals surface area (Å²) in [5.41, 5.74) is 1.16. The molecule has 9 heteroatoms. The average Bonchev–Trinajstić information content (AvgIpc) is 3.03. The van der Waals surface area contributed by atoms with E-state index in [1.807, 2.05) is 11.8 Å². The average molecular weight is 411 g/mol. The van der Waals surface area contributed by atoms with Gasteiger partial charge in [-0.15, -0.1) is 36.2 Å². The van der Waals surface area contributed by atoms with Crippen LogP contribution in [0, 0.1) is 0 Å². The molecule has 1 aromatic rings. The molecule has 2 aliphatic heterocycles. The summed E-state index contributed by atoms with van der Waals surface area (Å²) in [6.07, 6.45) is 0.957. The Hall–Kier alpha value is -0.440. The summed E-state index contributed by atoms with van der Waals surface area (Å²) in [5, 5.41) is 6.64. The number of carbonyl (C=O) groups is 1. The molecule has 2 fully saturated rings. The number of nitrogens with one attached hydrogen (secondary N) is 1. The van der Waals surface area contributed by atoms with Gasteiger partial charge in [0.05, 0.1) is 23.4 Å². The van der Waals surface area contributed by atoms with Crippen LogP contribution in [0.5, 0.6) is 0 Å². The number of carbonyl (C=O) groups excluding carboxylic acids is 1. The molecule has 0 aliphatic carbocycles. The molecule has 6 nitrogen and oxygen atoms in total. The molecule has 0 radical (unpaired) electrons. The van der Waals surface area contributed by atoms with Gasteiger partial charge in [0.1, 0.15) is 6.04 Å². The Labute approximate surface area is 166 Å². The molecule has 1 N–H and O–H groups in total. The van der Waals surface area contributed by atoms with Crippen molar-refractivity contribution in [1.29, 1.82) is 0 Å². The normalized spacial score (nSPS) is 24.3. The lowest BCUT2D eigenvalue weighted by molar-refractivity contribution is -0.141. The molecule has 0 unspecified atom stereocenters. The van der Waals surface area contributed by atoms with Crippen LogP contribution in [0.1, 0.15) is 24.5 Å². The van der Waals surface area contributed by atoms with Crippen molar-refractivity contribution in [3.8, 4) is 0 Å². The maximum absolute atomic E-state index is 12.6. The fraction of sp³-hybridized carbons (Fsp3) is 0.750. The lowest BCUT2D eigenvalue weighted by atomic mass is 10.1. The van der Waals surface area contributed by atoms with Crippen molar-refractivity contribution >= 4 is 42.1 Å². The Morgan fingerprint density at radius 1 is 1.36 bits per heavy atom. The number of aromatic nitrogens is 1. The quantitative estimate of drug-likeness (QED) is 0.815. The highest BCUT2D eigenvalue weighted by molar-refractivity contribution is 7.09. The van der Waals surface area contributed by atoms with Crippen LogP contribution >= 0.6 is 36.2 Å². The predicted molar refractivity (Wildman–Crippen MR) is 105 cm³/mol. The second-order valence-corrected chi connectivity index (χ2v) is 7.14. The van der Waals surface area contributed by atoms with Crippen LogP contribution in [0.25, 0.3) is 0 Å². The van der Waals surface area contributed by atoms with E-state index in [1.54, 1.807) is 11.3 Å². The lowest BCUT2D eigenvalue weighted by Crippen LogP contribution is -2.59. The van der Waals surface area contributed by atoms with E-state index in [0.29, 0.717) is 6.61 Å². The number of rotatable bonds is 4. The van der Waals surface area contributed by atoms with Gasteiger partial charge < -0.3 is 15.0 Å². The van der Waals surface area contributed by atoms with Gasteiger partial charge in [-0.2, -0.15) is 0 Å². The zero-order valence-corrected chi connectivity index (χ0v) is 17.2. The maximum Gasteiger partial charge on any atom is 0.242 e. The van der Waals surface area contributed by atoms with Crippen molar-refractivity contribution in [2.75, 3.05) is 39.3 Å². The smallest absolute Gasteiger partial charge is 0.242 e. The Morgan fingerprint density at radius 3 is 2.68 bits per heavy atom. The molecular formula is C16H28Cl2N4O2S. The van der Waals surface area contributed by atoms with Crippen LogP contribution in [-0.2, 0) is 22.5 Å². The summed E-state index contributed by atoms with van der Waals surface area (Å²) in [4.78, 5) is 21.6. The van der Waals surface area contributed by atoms with Crippen LogP contribution in [-0.4, -0.2) is 72.2 Å². The van der Waals surface area contributed by atoms with Crippen LogP contribution in [0.15, 0.2) is 5.38 Å². The Kier molecular flexibility index (Phi) is 9.62. The molecule has 3 rings (SSSR count). The molecule has 3 heterocycles. The van der Waals surface area contributed by atoms with Gasteiger partial charge in [0.15, 0.2) is 0 Å². The van der Waals surface area contributed by atoms with Crippen molar-refractivity contribution in [1.82, 2.24) is 20.1 Å². The minimum atomic E-state index is -0.194. The maximum atomic E-state index is 12.6. The summed E-state index contributed by atoms with van der Waals surface area (Å²) in [6.45, 7) is 9.83. The van der Waals surface area contributed by atoms with E-state index in [-0.39, 0.29) is 42.9 Å². The Bertz CT molecular complexity index is 538. The molecule has 0 saturated carbocycles. The van der Waals surface area contributed by atoms with Crippen molar-refractivity contribution < 1.29 is 9.53 Å². The van der Waals surface area contributed by atoms with E-state index in [1.165, 1.54) is 5.01 Å². The molecule has 0 aromatic carbocycles. The number of amides is 1. The van der Waals surface area contributed by atoms with E-state index >= 15 is 0 Å². The zero-order chi connectivity index (χ0) is 16.2. The van der Waals surface area contributed by atoms with Crippen molar-refractivity contribution in [3.63, 3.8) is 0 Å². The van der Waals surface area contributed by atoms with E-state index in [0.717, 1.165) is 51.4 Å². The molecule has 1 aromatic heterocycles. The van der Waals surface area contributed by atoms with E-state index < -0.39 is 0 Å². The fourth-order valence-electron chi connectivity index (χ4n) is 3.15. The number of thiazole rings is 1. The number of piperazine rings is 1. The number of ether oxygens (including phenoxy) is 1. The van der Waals surface area contributed by atoms with Crippen molar-refractivity contribution in [3.05, 3.63) is 16.1 Å². The highest BCUT2D eigenvalue weighted by Gasteiger charge is 2.33. The van der Waals surface area contributed by atoms with Crippen molar-refractivity contribution in [2.45, 2.75) is 39.0 Å².